The fourth-order valence-electron chi connectivity index (χ4n) is 2.52. The minimum Gasteiger partial charge on any atom is -0.338 e. The van der Waals surface area contributed by atoms with Gasteiger partial charge in [-0.2, -0.15) is 0 Å². The first-order valence-corrected chi connectivity index (χ1v) is 9.47. The molecule has 0 spiro atoms. The molecule has 0 aliphatic rings. The van der Waals surface area contributed by atoms with E-state index in [1.54, 1.807) is 35.2 Å². The van der Waals surface area contributed by atoms with Crippen molar-refractivity contribution in [2.45, 2.75) is 13.8 Å². The Bertz CT molecular complexity index is 906. The second kappa shape index (κ2) is 9.80. The molecule has 28 heavy (non-hydrogen) atoms. The molecule has 0 aromatic heterocycles. The molecule has 2 aromatic rings. The second-order valence-corrected chi connectivity index (χ2v) is 6.76. The number of benzene rings is 2. The van der Waals surface area contributed by atoms with Crippen LogP contribution in [-0.4, -0.2) is 34.7 Å². The van der Waals surface area contributed by atoms with Gasteiger partial charge < -0.3 is 10.2 Å². The highest BCUT2D eigenvalue weighted by Gasteiger charge is 2.19. The zero-order valence-corrected chi connectivity index (χ0v) is 17.1. The number of likely N-dealkylation sites (N-methyl/N-ethyl adjacent to an activating group) is 1. The average molecular weight is 446 g/mol. The van der Waals surface area contributed by atoms with Crippen molar-refractivity contribution >= 4 is 39.5 Å². The Labute approximate surface area is 171 Å². The molecule has 0 radical (unpaired) electrons. The van der Waals surface area contributed by atoms with E-state index in [0.29, 0.717) is 24.2 Å². The number of rotatable bonds is 7. The van der Waals surface area contributed by atoms with Gasteiger partial charge in [-0.1, -0.05) is 28.1 Å². The fraction of sp³-hybridized carbons (Fsp3) is 0.200. The van der Waals surface area contributed by atoms with Crippen molar-refractivity contribution in [2.24, 2.45) is 0 Å². The fourth-order valence-corrected chi connectivity index (χ4v) is 2.79. The Balaban J connectivity index is 2.40. The van der Waals surface area contributed by atoms with Crippen LogP contribution in [0.2, 0.25) is 0 Å². The molecule has 146 valence electrons. The number of non-ortho nitro benzene ring substituents is 1. The highest BCUT2D eigenvalue weighted by molar-refractivity contribution is 9.10. The molecule has 1 N–H and O–H groups in total. The summed E-state index contributed by atoms with van der Waals surface area (Å²) in [5.41, 5.74) is 0.793. The summed E-state index contributed by atoms with van der Waals surface area (Å²) in [6.07, 6.45) is 1.45. The lowest BCUT2D eigenvalue weighted by atomic mass is 10.1. The quantitative estimate of drug-likeness (QED) is 0.396. The molecule has 0 saturated heterocycles. The monoisotopic (exact) mass is 445 g/mol. The van der Waals surface area contributed by atoms with E-state index in [0.717, 1.165) is 4.47 Å². The van der Waals surface area contributed by atoms with Crippen LogP contribution in [0.3, 0.4) is 0 Å². The molecule has 0 aliphatic carbocycles. The maximum atomic E-state index is 12.9. The summed E-state index contributed by atoms with van der Waals surface area (Å²) in [5.74, 6) is -0.799. The van der Waals surface area contributed by atoms with Crippen molar-refractivity contribution in [2.75, 3.05) is 13.1 Å². The average Bonchev–Trinajstić information content (AvgIpc) is 2.69. The van der Waals surface area contributed by atoms with Gasteiger partial charge in [0.15, 0.2) is 0 Å². The number of carbonyl (C=O) groups is 2. The summed E-state index contributed by atoms with van der Waals surface area (Å²) in [7, 11) is 0. The first-order chi connectivity index (χ1) is 13.3. The number of hydrogen-bond acceptors (Lipinski definition) is 4. The van der Waals surface area contributed by atoms with Gasteiger partial charge in [-0.15, -0.1) is 0 Å². The number of carbonyl (C=O) groups excluding carboxylic acids is 2. The van der Waals surface area contributed by atoms with Crippen molar-refractivity contribution < 1.29 is 14.5 Å². The van der Waals surface area contributed by atoms with Crippen molar-refractivity contribution in [3.8, 4) is 0 Å². The van der Waals surface area contributed by atoms with Gasteiger partial charge in [0.2, 0.25) is 0 Å². The molecule has 7 nitrogen and oxygen atoms in total. The number of hydrogen-bond donors (Lipinski definition) is 1. The molecular weight excluding hydrogens is 426 g/mol. The SMILES string of the molecule is CCN(CC)C(=O)/C(=C\c1cccc([N+](=O)[O-])c1)NC(=O)c1ccc(Br)cc1. The minimum atomic E-state index is -0.510. The maximum absolute atomic E-state index is 12.9. The van der Waals surface area contributed by atoms with Gasteiger partial charge in [0.25, 0.3) is 17.5 Å². The van der Waals surface area contributed by atoms with E-state index in [9.17, 15) is 19.7 Å². The van der Waals surface area contributed by atoms with E-state index in [1.165, 1.54) is 24.3 Å². The number of halogens is 1. The van der Waals surface area contributed by atoms with Crippen molar-refractivity contribution in [3.05, 3.63) is 79.9 Å². The summed E-state index contributed by atoms with van der Waals surface area (Å²) < 4.78 is 0.829. The van der Waals surface area contributed by atoms with E-state index in [-0.39, 0.29) is 17.3 Å². The molecule has 0 heterocycles. The third-order valence-electron chi connectivity index (χ3n) is 4.03. The molecule has 0 unspecified atom stereocenters. The Morgan fingerprint density at radius 3 is 2.36 bits per heavy atom. The lowest BCUT2D eigenvalue weighted by Crippen LogP contribution is -2.38. The van der Waals surface area contributed by atoms with E-state index in [4.69, 9.17) is 0 Å². The van der Waals surface area contributed by atoms with Crippen LogP contribution in [0, 0.1) is 10.1 Å². The van der Waals surface area contributed by atoms with Crippen LogP contribution in [0.15, 0.2) is 58.7 Å². The first-order valence-electron chi connectivity index (χ1n) is 8.68. The lowest BCUT2D eigenvalue weighted by Gasteiger charge is -2.21. The number of nitrogens with one attached hydrogen (secondary N) is 1. The molecular formula is C20H20BrN3O4. The number of nitrogens with zero attached hydrogens (tertiary/aromatic N) is 2. The zero-order valence-electron chi connectivity index (χ0n) is 15.5. The van der Waals surface area contributed by atoms with Gasteiger partial charge >= 0.3 is 0 Å². The highest BCUT2D eigenvalue weighted by atomic mass is 79.9. The van der Waals surface area contributed by atoms with Gasteiger partial charge in [-0.05, 0) is 49.8 Å². The predicted octanol–water partition coefficient (Wildman–Crippen LogP) is 4.00. The molecule has 2 rings (SSSR count). The largest absolute Gasteiger partial charge is 0.338 e. The Kier molecular flexibility index (Phi) is 7.45. The Hall–Kier alpha value is -3.00. The van der Waals surface area contributed by atoms with Crippen molar-refractivity contribution in [1.29, 1.82) is 0 Å². The van der Waals surface area contributed by atoms with Crippen LogP contribution in [0.4, 0.5) is 5.69 Å². The molecule has 8 heteroatoms. The van der Waals surface area contributed by atoms with Crippen LogP contribution >= 0.6 is 15.9 Å². The number of amides is 2. The minimum absolute atomic E-state index is 0.0529. The molecule has 0 atom stereocenters. The first kappa shape index (κ1) is 21.3. The molecule has 2 aromatic carbocycles. The van der Waals surface area contributed by atoms with Gasteiger partial charge in [-0.25, -0.2) is 0 Å². The zero-order chi connectivity index (χ0) is 20.7. The maximum Gasteiger partial charge on any atom is 0.270 e. The topological polar surface area (TPSA) is 92.6 Å². The van der Waals surface area contributed by atoms with Gasteiger partial charge in [0.1, 0.15) is 5.70 Å². The van der Waals surface area contributed by atoms with Crippen LogP contribution in [0.25, 0.3) is 6.08 Å². The molecule has 0 aliphatic heterocycles. The predicted molar refractivity (Wildman–Crippen MR) is 111 cm³/mol. The summed E-state index contributed by atoms with van der Waals surface area (Å²) in [6, 6.07) is 12.6. The van der Waals surface area contributed by atoms with Gasteiger partial charge in [0.05, 0.1) is 4.92 Å². The smallest absolute Gasteiger partial charge is 0.270 e. The third kappa shape index (κ3) is 5.50. The lowest BCUT2D eigenvalue weighted by molar-refractivity contribution is -0.384. The van der Waals surface area contributed by atoms with E-state index >= 15 is 0 Å². The van der Waals surface area contributed by atoms with Crippen LogP contribution in [0.5, 0.6) is 0 Å². The van der Waals surface area contributed by atoms with E-state index < -0.39 is 10.8 Å². The molecule has 0 saturated carbocycles. The second-order valence-electron chi connectivity index (χ2n) is 5.85. The van der Waals surface area contributed by atoms with Crippen molar-refractivity contribution in [3.63, 3.8) is 0 Å². The van der Waals surface area contributed by atoms with Gasteiger partial charge in [-0.3, -0.25) is 19.7 Å². The summed E-state index contributed by atoms with van der Waals surface area (Å²) >= 11 is 3.31. The van der Waals surface area contributed by atoms with Crippen molar-refractivity contribution in [1.82, 2.24) is 10.2 Å². The standard InChI is InChI=1S/C20H20BrN3O4/c1-3-23(4-2)20(26)18(13-14-6-5-7-17(12-14)24(27)28)22-19(25)15-8-10-16(21)11-9-15/h5-13H,3-4H2,1-2H3,(H,22,25)/b18-13+. The summed E-state index contributed by atoms with van der Waals surface area (Å²) in [5, 5.41) is 13.6. The Morgan fingerprint density at radius 2 is 1.79 bits per heavy atom. The third-order valence-corrected chi connectivity index (χ3v) is 4.56. The Morgan fingerprint density at radius 1 is 1.14 bits per heavy atom. The van der Waals surface area contributed by atoms with E-state index in [1.807, 2.05) is 13.8 Å². The number of nitro benzene ring substituents is 1. The van der Waals surface area contributed by atoms with Crippen LogP contribution in [0.1, 0.15) is 29.8 Å². The van der Waals surface area contributed by atoms with Gasteiger partial charge in [0, 0.05) is 35.3 Å². The molecule has 2 amide bonds. The normalized spacial score (nSPS) is 11.0. The molecule has 0 bridgehead atoms. The van der Waals surface area contributed by atoms with E-state index in [2.05, 4.69) is 21.2 Å². The highest BCUT2D eigenvalue weighted by Crippen LogP contribution is 2.17. The number of nitro groups is 1. The summed E-state index contributed by atoms with van der Waals surface area (Å²) in [4.78, 5) is 37.5. The summed E-state index contributed by atoms with van der Waals surface area (Å²) in [6.45, 7) is 4.61. The van der Waals surface area contributed by atoms with Crippen LogP contribution in [-0.2, 0) is 4.79 Å². The molecule has 0 fully saturated rings. The van der Waals surface area contributed by atoms with Crippen LogP contribution < -0.4 is 5.32 Å².